The largest absolute Gasteiger partial charge is 0.516 e. The van der Waals surface area contributed by atoms with E-state index in [1.165, 1.54) is 0 Å². The van der Waals surface area contributed by atoms with Crippen LogP contribution in [-0.2, 0) is 9.16 Å². The standard InChI is InChI=1S/C18H28O4Si/c1-8-13(2)21-16(19)14-11-9-10-12-15(14)17(20)22-23(6,7)18(3,4)5/h9-13H,8H2,1-7H3. The molecule has 1 aromatic rings. The van der Waals surface area contributed by atoms with Gasteiger partial charge in [0.05, 0.1) is 17.2 Å². The molecule has 23 heavy (non-hydrogen) atoms. The van der Waals surface area contributed by atoms with Crippen LogP contribution >= 0.6 is 0 Å². The Kier molecular flexibility index (Phi) is 6.16. The van der Waals surface area contributed by atoms with Crippen LogP contribution in [0.15, 0.2) is 24.3 Å². The van der Waals surface area contributed by atoms with Crippen molar-refractivity contribution in [1.29, 1.82) is 0 Å². The maximum absolute atomic E-state index is 12.6. The van der Waals surface area contributed by atoms with Crippen LogP contribution in [0, 0.1) is 0 Å². The lowest BCUT2D eigenvalue weighted by Crippen LogP contribution is -2.42. The zero-order valence-corrected chi connectivity index (χ0v) is 16.2. The molecule has 0 heterocycles. The third-order valence-corrected chi connectivity index (χ3v) is 8.71. The summed E-state index contributed by atoms with van der Waals surface area (Å²) in [6, 6.07) is 6.66. The van der Waals surface area contributed by atoms with Crippen LogP contribution in [0.25, 0.3) is 0 Å². The maximum atomic E-state index is 12.6. The highest BCUT2D eigenvalue weighted by atomic mass is 28.4. The lowest BCUT2D eigenvalue weighted by atomic mass is 10.1. The number of carbonyl (C=O) groups is 2. The first-order chi connectivity index (χ1) is 10.5. The highest BCUT2D eigenvalue weighted by Gasteiger charge is 2.41. The molecule has 128 valence electrons. The van der Waals surface area contributed by atoms with E-state index in [2.05, 4.69) is 20.8 Å². The molecular weight excluding hydrogens is 308 g/mol. The number of esters is 1. The predicted molar refractivity (Wildman–Crippen MR) is 94.2 cm³/mol. The lowest BCUT2D eigenvalue weighted by Gasteiger charge is -2.35. The van der Waals surface area contributed by atoms with Gasteiger partial charge >= 0.3 is 11.9 Å². The Hall–Kier alpha value is -1.62. The summed E-state index contributed by atoms with van der Waals surface area (Å²) >= 11 is 0. The van der Waals surface area contributed by atoms with Gasteiger partial charge in [0.15, 0.2) is 0 Å². The molecule has 1 unspecified atom stereocenters. The molecule has 0 aliphatic carbocycles. The Bertz CT molecular complexity index is 573. The van der Waals surface area contributed by atoms with Crippen molar-refractivity contribution in [2.24, 2.45) is 0 Å². The molecule has 0 spiro atoms. The summed E-state index contributed by atoms with van der Waals surface area (Å²) in [5.41, 5.74) is 0.530. The van der Waals surface area contributed by atoms with E-state index in [1.54, 1.807) is 24.3 Å². The molecule has 0 radical (unpaired) electrons. The maximum Gasteiger partial charge on any atom is 0.339 e. The molecule has 0 saturated heterocycles. The van der Waals surface area contributed by atoms with E-state index in [1.807, 2.05) is 26.9 Å². The third kappa shape index (κ3) is 4.93. The van der Waals surface area contributed by atoms with E-state index in [-0.39, 0.29) is 22.3 Å². The smallest absolute Gasteiger partial charge is 0.339 e. The molecule has 0 fully saturated rings. The van der Waals surface area contributed by atoms with Crippen molar-refractivity contribution in [3.05, 3.63) is 35.4 Å². The second kappa shape index (κ2) is 7.30. The molecule has 0 bridgehead atoms. The molecular formula is C18H28O4Si. The van der Waals surface area contributed by atoms with Gasteiger partial charge in [-0.3, -0.25) is 0 Å². The van der Waals surface area contributed by atoms with Gasteiger partial charge in [-0.15, -0.1) is 0 Å². The monoisotopic (exact) mass is 336 g/mol. The van der Waals surface area contributed by atoms with Crippen molar-refractivity contribution in [2.45, 2.75) is 65.3 Å². The summed E-state index contributed by atoms with van der Waals surface area (Å²) in [6.07, 6.45) is 0.537. The Labute approximate surface area is 140 Å². The Balaban J connectivity index is 3.05. The first kappa shape index (κ1) is 19.4. The van der Waals surface area contributed by atoms with Gasteiger partial charge in [-0.1, -0.05) is 39.8 Å². The quantitative estimate of drug-likeness (QED) is 0.572. The van der Waals surface area contributed by atoms with Crippen LogP contribution < -0.4 is 0 Å². The lowest BCUT2D eigenvalue weighted by molar-refractivity contribution is 0.0329. The van der Waals surface area contributed by atoms with Crippen LogP contribution in [0.1, 0.15) is 61.8 Å². The Morgan fingerprint density at radius 2 is 1.57 bits per heavy atom. The Morgan fingerprint density at radius 3 is 2.00 bits per heavy atom. The normalized spacial score (nSPS) is 13.3. The van der Waals surface area contributed by atoms with Crippen LogP contribution in [0.4, 0.5) is 0 Å². The molecule has 1 aromatic carbocycles. The number of hydrogen-bond donors (Lipinski definition) is 0. The first-order valence-corrected chi connectivity index (χ1v) is 10.9. The molecule has 0 aliphatic heterocycles. The molecule has 0 aromatic heterocycles. The van der Waals surface area contributed by atoms with E-state index in [4.69, 9.17) is 9.16 Å². The van der Waals surface area contributed by atoms with E-state index in [0.717, 1.165) is 6.42 Å². The van der Waals surface area contributed by atoms with Gasteiger partial charge in [-0.05, 0) is 43.6 Å². The molecule has 0 N–H and O–H groups in total. The average Bonchev–Trinajstić information content (AvgIpc) is 2.45. The van der Waals surface area contributed by atoms with E-state index in [9.17, 15) is 9.59 Å². The molecule has 0 amide bonds. The second-order valence-corrected chi connectivity index (χ2v) is 12.0. The second-order valence-electron chi connectivity index (χ2n) is 7.32. The van der Waals surface area contributed by atoms with Crippen molar-refractivity contribution in [3.8, 4) is 0 Å². The van der Waals surface area contributed by atoms with Crippen LogP contribution in [-0.4, -0.2) is 26.4 Å². The van der Waals surface area contributed by atoms with Gasteiger partial charge in [-0.2, -0.15) is 0 Å². The van der Waals surface area contributed by atoms with Gasteiger partial charge in [0.25, 0.3) is 8.32 Å². The van der Waals surface area contributed by atoms with Crippen LogP contribution in [0.5, 0.6) is 0 Å². The van der Waals surface area contributed by atoms with Gasteiger partial charge in [0.1, 0.15) is 0 Å². The van der Waals surface area contributed by atoms with Crippen molar-refractivity contribution in [2.75, 3.05) is 0 Å². The number of hydrogen-bond acceptors (Lipinski definition) is 4. The fourth-order valence-electron chi connectivity index (χ4n) is 1.61. The summed E-state index contributed by atoms with van der Waals surface area (Å²) < 4.78 is 11.1. The zero-order chi connectivity index (χ0) is 17.8. The first-order valence-electron chi connectivity index (χ1n) is 8.03. The van der Waals surface area contributed by atoms with E-state index >= 15 is 0 Å². The predicted octanol–water partition coefficient (Wildman–Crippen LogP) is 4.80. The number of ether oxygens (including phenoxy) is 1. The fraction of sp³-hybridized carbons (Fsp3) is 0.556. The van der Waals surface area contributed by atoms with Gasteiger partial charge < -0.3 is 9.16 Å². The van der Waals surface area contributed by atoms with Crippen LogP contribution in [0.2, 0.25) is 18.1 Å². The highest BCUT2D eigenvalue weighted by Crippen LogP contribution is 2.37. The fourth-order valence-corrected chi connectivity index (χ4v) is 2.49. The molecule has 1 atom stereocenters. The van der Waals surface area contributed by atoms with Crippen molar-refractivity contribution < 1.29 is 18.8 Å². The molecule has 5 heteroatoms. The van der Waals surface area contributed by atoms with E-state index in [0.29, 0.717) is 0 Å². The van der Waals surface area contributed by atoms with Crippen LogP contribution in [0.3, 0.4) is 0 Å². The highest BCUT2D eigenvalue weighted by molar-refractivity contribution is 6.75. The molecule has 0 aliphatic rings. The summed E-state index contributed by atoms with van der Waals surface area (Å²) in [5, 5.41) is -0.0885. The molecule has 4 nitrogen and oxygen atoms in total. The minimum atomic E-state index is -2.25. The Morgan fingerprint density at radius 1 is 1.09 bits per heavy atom. The number of rotatable bonds is 5. The van der Waals surface area contributed by atoms with Crippen molar-refractivity contribution in [1.82, 2.24) is 0 Å². The van der Waals surface area contributed by atoms with Gasteiger partial charge in [0.2, 0.25) is 0 Å². The summed E-state index contributed by atoms with van der Waals surface area (Å²) in [4.78, 5) is 24.9. The van der Waals surface area contributed by atoms with Crippen molar-refractivity contribution in [3.63, 3.8) is 0 Å². The van der Waals surface area contributed by atoms with Gasteiger partial charge in [-0.25, -0.2) is 9.59 Å². The zero-order valence-electron chi connectivity index (χ0n) is 15.2. The molecule has 0 saturated carbocycles. The topological polar surface area (TPSA) is 52.6 Å². The summed E-state index contributed by atoms with van der Waals surface area (Å²) in [5.74, 6) is -0.935. The minimum absolute atomic E-state index is 0.0885. The summed E-state index contributed by atoms with van der Waals surface area (Å²) in [6.45, 7) is 14.0. The number of benzene rings is 1. The summed E-state index contributed by atoms with van der Waals surface area (Å²) in [7, 11) is -2.25. The molecule has 1 rings (SSSR count). The SMILES string of the molecule is CCC(C)OC(=O)c1ccccc1C(=O)O[Si](C)(C)C(C)(C)C. The average molecular weight is 337 g/mol. The minimum Gasteiger partial charge on any atom is -0.516 e. The number of carbonyl (C=O) groups excluding carboxylic acids is 2. The third-order valence-electron chi connectivity index (χ3n) is 4.40. The van der Waals surface area contributed by atoms with Gasteiger partial charge in [0, 0.05) is 0 Å². The van der Waals surface area contributed by atoms with Crippen molar-refractivity contribution >= 4 is 20.3 Å². The van der Waals surface area contributed by atoms with E-state index < -0.39 is 20.3 Å².